The van der Waals surface area contributed by atoms with E-state index in [0.29, 0.717) is 23.9 Å². The van der Waals surface area contributed by atoms with Gasteiger partial charge in [0.2, 0.25) is 0 Å². The quantitative estimate of drug-likeness (QED) is 0.809. The predicted octanol–water partition coefficient (Wildman–Crippen LogP) is 1.69. The average Bonchev–Trinajstić information content (AvgIpc) is 2.59. The standard InChI is InChI=1S/C10H9ClN4O2/c11-8-1-6-7(2-12-9(6)14-13-8)5-3-15(4-5)10(16)17/h1-2,5H,3-4H2,(H,12,14)(H,16,17). The van der Waals surface area contributed by atoms with E-state index in [-0.39, 0.29) is 5.92 Å². The molecule has 1 fully saturated rings. The third-order valence-corrected chi connectivity index (χ3v) is 3.22. The van der Waals surface area contributed by atoms with Gasteiger partial charge in [0, 0.05) is 30.6 Å². The second-order valence-corrected chi connectivity index (χ2v) is 4.45. The van der Waals surface area contributed by atoms with E-state index in [0.717, 1.165) is 10.9 Å². The molecule has 0 aromatic carbocycles. The molecule has 2 aromatic rings. The summed E-state index contributed by atoms with van der Waals surface area (Å²) < 4.78 is 0. The van der Waals surface area contributed by atoms with E-state index >= 15 is 0 Å². The van der Waals surface area contributed by atoms with Crippen LogP contribution in [0, 0.1) is 0 Å². The van der Waals surface area contributed by atoms with Gasteiger partial charge in [0.25, 0.3) is 0 Å². The first-order valence-corrected chi connectivity index (χ1v) is 5.51. The number of nitrogens with one attached hydrogen (secondary N) is 1. The van der Waals surface area contributed by atoms with Crippen molar-refractivity contribution >= 4 is 28.7 Å². The molecule has 1 amide bonds. The van der Waals surface area contributed by atoms with E-state index in [2.05, 4.69) is 15.2 Å². The summed E-state index contributed by atoms with van der Waals surface area (Å²) in [5.74, 6) is 0.208. The summed E-state index contributed by atoms with van der Waals surface area (Å²) in [6.45, 7) is 1.03. The lowest BCUT2D eigenvalue weighted by atomic mass is 9.92. The van der Waals surface area contributed by atoms with Crippen LogP contribution >= 0.6 is 11.6 Å². The maximum Gasteiger partial charge on any atom is 0.407 e. The predicted molar refractivity (Wildman–Crippen MR) is 61.2 cm³/mol. The number of nitrogens with zero attached hydrogens (tertiary/aromatic N) is 3. The molecule has 0 saturated carbocycles. The van der Waals surface area contributed by atoms with E-state index in [1.165, 1.54) is 4.90 Å². The van der Waals surface area contributed by atoms with Gasteiger partial charge < -0.3 is 15.0 Å². The van der Waals surface area contributed by atoms with Gasteiger partial charge in [-0.3, -0.25) is 0 Å². The van der Waals surface area contributed by atoms with Crippen molar-refractivity contribution in [2.45, 2.75) is 5.92 Å². The molecule has 0 radical (unpaired) electrons. The average molecular weight is 253 g/mol. The van der Waals surface area contributed by atoms with Crippen molar-refractivity contribution in [2.75, 3.05) is 13.1 Å². The van der Waals surface area contributed by atoms with Crippen LogP contribution in [0.5, 0.6) is 0 Å². The van der Waals surface area contributed by atoms with Crippen LogP contribution in [0.15, 0.2) is 12.3 Å². The number of carbonyl (C=O) groups is 1. The summed E-state index contributed by atoms with van der Waals surface area (Å²) in [5.41, 5.74) is 1.73. The SMILES string of the molecule is O=C(O)N1CC(c2c[nH]c3nnc(Cl)cc23)C1. The van der Waals surface area contributed by atoms with Crippen molar-refractivity contribution in [3.05, 3.63) is 23.0 Å². The summed E-state index contributed by atoms with van der Waals surface area (Å²) >= 11 is 5.80. The Hall–Kier alpha value is -1.82. The zero-order chi connectivity index (χ0) is 12.0. The molecule has 7 heteroatoms. The largest absolute Gasteiger partial charge is 0.465 e. The van der Waals surface area contributed by atoms with Gasteiger partial charge in [-0.15, -0.1) is 10.2 Å². The summed E-state index contributed by atoms with van der Waals surface area (Å²) in [6, 6.07) is 1.75. The molecule has 88 valence electrons. The molecule has 2 aromatic heterocycles. The van der Waals surface area contributed by atoms with Gasteiger partial charge in [0.1, 0.15) is 0 Å². The van der Waals surface area contributed by atoms with Crippen LogP contribution in [0.4, 0.5) is 4.79 Å². The number of H-pyrrole nitrogens is 1. The van der Waals surface area contributed by atoms with Gasteiger partial charge in [-0.2, -0.15) is 0 Å². The minimum atomic E-state index is -0.876. The summed E-state index contributed by atoms with van der Waals surface area (Å²) in [7, 11) is 0. The second-order valence-electron chi connectivity index (χ2n) is 4.06. The molecule has 0 spiro atoms. The van der Waals surface area contributed by atoms with Gasteiger partial charge in [-0.1, -0.05) is 11.6 Å². The highest BCUT2D eigenvalue weighted by Crippen LogP contribution is 2.32. The first kappa shape index (κ1) is 10.3. The first-order chi connectivity index (χ1) is 8.15. The number of amides is 1. The molecule has 17 heavy (non-hydrogen) atoms. The fourth-order valence-corrected chi connectivity index (χ4v) is 2.23. The highest BCUT2D eigenvalue weighted by atomic mass is 35.5. The molecule has 3 heterocycles. The van der Waals surface area contributed by atoms with Gasteiger partial charge in [0.05, 0.1) is 0 Å². The summed E-state index contributed by atoms with van der Waals surface area (Å²) in [6.07, 6.45) is 0.971. The Morgan fingerprint density at radius 1 is 1.53 bits per heavy atom. The molecule has 0 atom stereocenters. The number of hydrogen-bond acceptors (Lipinski definition) is 3. The number of aromatic nitrogens is 3. The topological polar surface area (TPSA) is 82.1 Å². The molecule has 1 aliphatic heterocycles. The smallest absolute Gasteiger partial charge is 0.407 e. The zero-order valence-electron chi connectivity index (χ0n) is 8.72. The van der Waals surface area contributed by atoms with Crippen LogP contribution in [0.1, 0.15) is 11.5 Å². The highest BCUT2D eigenvalue weighted by molar-refractivity contribution is 6.29. The summed E-state index contributed by atoms with van der Waals surface area (Å²) in [4.78, 5) is 15.1. The number of halogens is 1. The fraction of sp³-hybridized carbons (Fsp3) is 0.300. The Bertz CT molecular complexity index is 591. The molecule has 0 bridgehead atoms. The second kappa shape index (κ2) is 3.59. The highest BCUT2D eigenvalue weighted by Gasteiger charge is 2.33. The van der Waals surface area contributed by atoms with Crippen molar-refractivity contribution < 1.29 is 9.90 Å². The number of aromatic amines is 1. The van der Waals surface area contributed by atoms with Crippen LogP contribution in [0.25, 0.3) is 11.0 Å². The van der Waals surface area contributed by atoms with Gasteiger partial charge in [0.15, 0.2) is 10.8 Å². The Balaban J connectivity index is 1.92. The van der Waals surface area contributed by atoms with Gasteiger partial charge in [-0.25, -0.2) is 4.79 Å². The number of fused-ring (bicyclic) bond motifs is 1. The van der Waals surface area contributed by atoms with Crippen LogP contribution < -0.4 is 0 Å². The molecular weight excluding hydrogens is 244 g/mol. The monoisotopic (exact) mass is 252 g/mol. The molecule has 0 unspecified atom stereocenters. The lowest BCUT2D eigenvalue weighted by molar-refractivity contribution is 0.106. The summed E-state index contributed by atoms with van der Waals surface area (Å²) in [5, 5.41) is 17.7. The fourth-order valence-electron chi connectivity index (χ4n) is 2.09. The van der Waals surface area contributed by atoms with Crippen LogP contribution in [-0.2, 0) is 0 Å². The Morgan fingerprint density at radius 3 is 3.00 bits per heavy atom. The van der Waals surface area contributed by atoms with Crippen molar-refractivity contribution in [3.63, 3.8) is 0 Å². The third-order valence-electron chi connectivity index (χ3n) is 3.03. The van der Waals surface area contributed by atoms with Crippen molar-refractivity contribution in [2.24, 2.45) is 0 Å². The van der Waals surface area contributed by atoms with E-state index in [9.17, 15) is 4.79 Å². The molecule has 1 aliphatic rings. The van der Waals surface area contributed by atoms with E-state index < -0.39 is 6.09 Å². The van der Waals surface area contributed by atoms with E-state index in [1.807, 2.05) is 6.20 Å². The molecule has 2 N–H and O–H groups in total. The van der Waals surface area contributed by atoms with Crippen LogP contribution in [-0.4, -0.2) is 44.4 Å². The van der Waals surface area contributed by atoms with Gasteiger partial charge in [-0.05, 0) is 11.6 Å². The van der Waals surface area contributed by atoms with E-state index in [1.54, 1.807) is 6.07 Å². The van der Waals surface area contributed by atoms with Crippen molar-refractivity contribution in [1.29, 1.82) is 0 Å². The maximum atomic E-state index is 10.7. The molecule has 6 nitrogen and oxygen atoms in total. The number of rotatable bonds is 1. The normalized spacial score (nSPS) is 16.2. The number of carboxylic acid groups (broad SMARTS) is 1. The third kappa shape index (κ3) is 1.61. The number of hydrogen-bond donors (Lipinski definition) is 2. The zero-order valence-corrected chi connectivity index (χ0v) is 9.48. The number of likely N-dealkylation sites (tertiary alicyclic amines) is 1. The minimum absolute atomic E-state index is 0.208. The molecular formula is C10H9ClN4O2. The first-order valence-electron chi connectivity index (χ1n) is 5.13. The van der Waals surface area contributed by atoms with Crippen LogP contribution in [0.3, 0.4) is 0 Å². The minimum Gasteiger partial charge on any atom is -0.465 e. The Morgan fingerprint density at radius 2 is 2.29 bits per heavy atom. The molecule has 0 aliphatic carbocycles. The van der Waals surface area contributed by atoms with Crippen molar-refractivity contribution in [3.8, 4) is 0 Å². The molecule has 1 saturated heterocycles. The molecule has 3 rings (SSSR count). The lowest BCUT2D eigenvalue weighted by Crippen LogP contribution is -2.47. The van der Waals surface area contributed by atoms with E-state index in [4.69, 9.17) is 16.7 Å². The van der Waals surface area contributed by atoms with Crippen LogP contribution in [0.2, 0.25) is 5.15 Å². The Labute approximate surface area is 101 Å². The lowest BCUT2D eigenvalue weighted by Gasteiger charge is -2.36. The van der Waals surface area contributed by atoms with Crippen molar-refractivity contribution in [1.82, 2.24) is 20.1 Å². The van der Waals surface area contributed by atoms with Gasteiger partial charge >= 0.3 is 6.09 Å². The Kier molecular flexibility index (Phi) is 2.19. The maximum absolute atomic E-state index is 10.7.